The second-order valence-corrected chi connectivity index (χ2v) is 4.22. The van der Waals surface area contributed by atoms with Crippen molar-refractivity contribution in [1.29, 1.82) is 0 Å². The van der Waals surface area contributed by atoms with Crippen LogP contribution < -0.4 is 0 Å². The molecule has 0 radical (unpaired) electrons. The number of carboxylic acid groups (broad SMARTS) is 2. The molecule has 1 aliphatic carbocycles. The van der Waals surface area contributed by atoms with Crippen LogP contribution in [0.15, 0.2) is 0 Å². The van der Waals surface area contributed by atoms with E-state index in [2.05, 4.69) is 0 Å². The molecule has 0 amide bonds. The molecular formula is C12H20N2O6Pt. The van der Waals surface area contributed by atoms with Crippen molar-refractivity contribution >= 4 is 23.5 Å². The molecule has 0 saturated heterocycles. The summed E-state index contributed by atoms with van der Waals surface area (Å²) < 4.78 is 0. The molecule has 21 heavy (non-hydrogen) atoms. The summed E-state index contributed by atoms with van der Waals surface area (Å²) in [6.07, 6.45) is 4.25. The van der Waals surface area contributed by atoms with Crippen LogP contribution >= 0.6 is 0 Å². The smallest absolute Gasteiger partial charge is 0.676 e. The molecule has 0 bridgehead atoms. The van der Waals surface area contributed by atoms with Crippen LogP contribution in [0, 0.1) is 0 Å². The molecule has 2 atom stereocenters. The number of nitrogens with one attached hydrogen (secondary N) is 2. The Balaban J connectivity index is -0.000000231. The maximum atomic E-state index is 9.54. The third-order valence-electron chi connectivity index (χ3n) is 2.37. The normalized spacial score (nSPS) is 19.4. The summed E-state index contributed by atoms with van der Waals surface area (Å²) in [5, 5.41) is 15.3. The van der Waals surface area contributed by atoms with E-state index in [1.165, 1.54) is 12.8 Å². The van der Waals surface area contributed by atoms with E-state index in [-0.39, 0.29) is 33.1 Å². The summed E-state index contributed by atoms with van der Waals surface area (Å²) >= 11 is 0. The first-order valence-corrected chi connectivity index (χ1v) is 5.99. The average molecular weight is 483 g/mol. The molecule has 0 spiro atoms. The zero-order valence-electron chi connectivity index (χ0n) is 11.8. The summed E-state index contributed by atoms with van der Waals surface area (Å²) in [5.74, 6) is -4.41. The SMILES string of the molecule is CC(=O)C(=O)O.CC(=O)C(=O)O.[NH-]C1CCCCC1[NH-].[Pt+2]. The number of hydrogen-bond acceptors (Lipinski definition) is 4. The molecule has 124 valence electrons. The third kappa shape index (κ3) is 16.8. The number of carbonyl (C=O) groups excluding carboxylic acids is 2. The van der Waals surface area contributed by atoms with E-state index in [4.69, 9.17) is 21.7 Å². The van der Waals surface area contributed by atoms with Gasteiger partial charge in [0.15, 0.2) is 0 Å². The Hall–Kier alpha value is -1.11. The second-order valence-electron chi connectivity index (χ2n) is 4.22. The van der Waals surface area contributed by atoms with E-state index in [0.29, 0.717) is 0 Å². The van der Waals surface area contributed by atoms with Gasteiger partial charge in [-0.2, -0.15) is 12.1 Å². The van der Waals surface area contributed by atoms with Crippen molar-refractivity contribution in [2.24, 2.45) is 0 Å². The quantitative estimate of drug-likeness (QED) is 0.570. The zero-order chi connectivity index (χ0) is 16.3. The Morgan fingerprint density at radius 3 is 1.10 bits per heavy atom. The van der Waals surface area contributed by atoms with Gasteiger partial charge in [-0.15, -0.1) is 0 Å². The summed E-state index contributed by atoms with van der Waals surface area (Å²) in [4.78, 5) is 37.8. The van der Waals surface area contributed by atoms with Crippen molar-refractivity contribution in [1.82, 2.24) is 0 Å². The summed E-state index contributed by atoms with van der Waals surface area (Å²) in [7, 11) is 0. The first kappa shape index (κ1) is 24.9. The predicted octanol–water partition coefficient (Wildman–Crippen LogP) is 1.72. The van der Waals surface area contributed by atoms with Gasteiger partial charge in [-0.1, -0.05) is 25.7 Å². The molecule has 1 fully saturated rings. The van der Waals surface area contributed by atoms with Gasteiger partial charge in [-0.05, 0) is 0 Å². The van der Waals surface area contributed by atoms with Crippen molar-refractivity contribution < 1.29 is 50.5 Å². The van der Waals surface area contributed by atoms with Crippen LogP contribution in [0.3, 0.4) is 0 Å². The minimum Gasteiger partial charge on any atom is -0.676 e. The van der Waals surface area contributed by atoms with Gasteiger partial charge in [0.2, 0.25) is 11.6 Å². The van der Waals surface area contributed by atoms with Crippen LogP contribution in [0.4, 0.5) is 0 Å². The van der Waals surface area contributed by atoms with E-state index in [9.17, 15) is 19.2 Å². The van der Waals surface area contributed by atoms with Gasteiger partial charge in [0, 0.05) is 13.8 Å². The Kier molecular flexibility index (Phi) is 16.4. The first-order valence-electron chi connectivity index (χ1n) is 5.99. The number of aliphatic carboxylic acids is 2. The van der Waals surface area contributed by atoms with Crippen molar-refractivity contribution in [2.75, 3.05) is 0 Å². The minimum absolute atomic E-state index is 0. The van der Waals surface area contributed by atoms with Crippen LogP contribution in [0.25, 0.3) is 11.5 Å². The summed E-state index contributed by atoms with van der Waals surface area (Å²) in [6, 6.07) is -0.160. The van der Waals surface area contributed by atoms with Crippen LogP contribution in [0.5, 0.6) is 0 Å². The number of carbonyl (C=O) groups is 4. The molecule has 1 aliphatic rings. The summed E-state index contributed by atoms with van der Waals surface area (Å²) in [5.41, 5.74) is 14.6. The molecule has 0 aromatic heterocycles. The average Bonchev–Trinajstić information content (AvgIpc) is 2.34. The van der Waals surface area contributed by atoms with Crippen molar-refractivity contribution in [3.8, 4) is 0 Å². The fourth-order valence-corrected chi connectivity index (χ4v) is 1.13. The maximum absolute atomic E-state index is 9.54. The van der Waals surface area contributed by atoms with E-state index in [1.54, 1.807) is 0 Å². The monoisotopic (exact) mass is 483 g/mol. The molecule has 1 rings (SSSR count). The fraction of sp³-hybridized carbons (Fsp3) is 0.667. The van der Waals surface area contributed by atoms with Crippen LogP contribution in [0.2, 0.25) is 0 Å². The largest absolute Gasteiger partial charge is 2.00 e. The minimum atomic E-state index is -1.38. The molecule has 0 aromatic carbocycles. The molecule has 9 heteroatoms. The maximum Gasteiger partial charge on any atom is 2.00 e. The van der Waals surface area contributed by atoms with Crippen molar-refractivity contribution in [3.05, 3.63) is 11.5 Å². The number of hydrogen-bond donors (Lipinski definition) is 2. The van der Waals surface area contributed by atoms with Gasteiger partial charge < -0.3 is 21.7 Å². The zero-order valence-corrected chi connectivity index (χ0v) is 14.1. The number of Topliss-reactive ketones (excluding diaryl/α,β-unsaturated/α-hetero) is 2. The molecular weight excluding hydrogens is 463 g/mol. The van der Waals surface area contributed by atoms with Gasteiger partial charge in [0.1, 0.15) is 0 Å². The van der Waals surface area contributed by atoms with Crippen molar-refractivity contribution in [2.45, 2.75) is 51.6 Å². The van der Waals surface area contributed by atoms with Crippen molar-refractivity contribution in [3.63, 3.8) is 0 Å². The van der Waals surface area contributed by atoms with Gasteiger partial charge in [-0.25, -0.2) is 9.59 Å². The molecule has 4 N–H and O–H groups in total. The molecule has 8 nitrogen and oxygen atoms in total. The van der Waals surface area contributed by atoms with E-state index in [1.807, 2.05) is 0 Å². The fourth-order valence-electron chi connectivity index (χ4n) is 1.13. The van der Waals surface area contributed by atoms with Crippen LogP contribution in [0.1, 0.15) is 39.5 Å². The molecule has 0 aliphatic heterocycles. The molecule has 0 heterocycles. The van der Waals surface area contributed by atoms with E-state index >= 15 is 0 Å². The Morgan fingerprint density at radius 1 is 0.810 bits per heavy atom. The van der Waals surface area contributed by atoms with Gasteiger partial charge in [0.05, 0.1) is 0 Å². The van der Waals surface area contributed by atoms with Gasteiger partial charge in [0.25, 0.3) is 0 Å². The third-order valence-corrected chi connectivity index (χ3v) is 2.37. The molecule has 1 saturated carbocycles. The second kappa shape index (κ2) is 13.9. The van der Waals surface area contributed by atoms with E-state index in [0.717, 1.165) is 26.7 Å². The van der Waals surface area contributed by atoms with E-state index < -0.39 is 23.5 Å². The summed E-state index contributed by atoms with van der Waals surface area (Å²) in [6.45, 7) is 2.00. The molecule has 2 unspecified atom stereocenters. The Bertz CT molecular complexity index is 304. The number of ketones is 2. The predicted molar refractivity (Wildman–Crippen MR) is 71.3 cm³/mol. The Labute approximate surface area is 137 Å². The molecule has 0 aromatic rings. The number of rotatable bonds is 2. The first-order chi connectivity index (χ1) is 9.09. The van der Waals surface area contributed by atoms with Crippen LogP contribution in [-0.2, 0) is 40.2 Å². The van der Waals surface area contributed by atoms with Crippen LogP contribution in [-0.4, -0.2) is 45.8 Å². The Morgan fingerprint density at radius 2 is 1.00 bits per heavy atom. The topological polar surface area (TPSA) is 156 Å². The standard InChI is InChI=1S/C6H12N2.2C3H4O3.Pt/c7-5-3-1-2-4-6(5)8;2*1-2(4)3(5)6;/h5-8H,1-4H2;2*1H3,(H,5,6);/q-2;;;+2. The van der Waals surface area contributed by atoms with Gasteiger partial charge in [-0.3, -0.25) is 9.59 Å². The van der Waals surface area contributed by atoms with Gasteiger partial charge >= 0.3 is 33.0 Å². The number of carboxylic acids is 2.